The topological polar surface area (TPSA) is 72.9 Å². The number of ether oxygens (including phenoxy) is 2. The van der Waals surface area contributed by atoms with E-state index in [0.717, 1.165) is 5.56 Å². The molecule has 0 saturated heterocycles. The van der Waals surface area contributed by atoms with Crippen molar-refractivity contribution in [2.45, 2.75) is 51.6 Å². The fourth-order valence-electron chi connectivity index (χ4n) is 2.98. The number of carbonyl (C=O) groups is 3. The Morgan fingerprint density at radius 1 is 1.27 bits per heavy atom. The smallest absolute Gasteiger partial charge is 0.325 e. The Kier molecular flexibility index (Phi) is 6.29. The van der Waals surface area contributed by atoms with Crippen molar-refractivity contribution in [2.75, 3.05) is 18.6 Å². The molecular weight excluding hydrogens is 358 g/mol. The maximum absolute atomic E-state index is 12.5. The molecule has 1 aliphatic heterocycles. The zero-order valence-electron chi connectivity index (χ0n) is 15.5. The number of hydrogen-bond acceptors (Lipinski definition) is 5. The molecule has 0 fully saturated rings. The minimum absolute atomic E-state index is 0.143. The summed E-state index contributed by atoms with van der Waals surface area (Å²) in [7, 11) is 1.28. The van der Waals surface area contributed by atoms with E-state index in [-0.39, 0.29) is 37.2 Å². The molecule has 0 aromatic heterocycles. The van der Waals surface area contributed by atoms with Crippen LogP contribution in [0.4, 0.5) is 5.69 Å². The van der Waals surface area contributed by atoms with Crippen molar-refractivity contribution in [3.8, 4) is 0 Å². The molecule has 7 heteroatoms. The molecule has 142 valence electrons. The van der Waals surface area contributed by atoms with E-state index >= 15 is 0 Å². The van der Waals surface area contributed by atoms with Crippen molar-refractivity contribution in [1.29, 1.82) is 0 Å². The van der Waals surface area contributed by atoms with Crippen LogP contribution >= 0.6 is 11.6 Å². The second kappa shape index (κ2) is 8.08. The summed E-state index contributed by atoms with van der Waals surface area (Å²) in [6, 6.07) is 5.11. The van der Waals surface area contributed by atoms with Crippen molar-refractivity contribution < 1.29 is 23.9 Å². The number of anilines is 1. The first-order chi connectivity index (χ1) is 12.1. The van der Waals surface area contributed by atoms with Crippen molar-refractivity contribution in [1.82, 2.24) is 0 Å². The Hall–Kier alpha value is -2.08. The number of fused-ring (bicyclic) bond motifs is 1. The van der Waals surface area contributed by atoms with Gasteiger partial charge in [0.2, 0.25) is 5.91 Å². The Morgan fingerprint density at radius 2 is 1.96 bits per heavy atom. The van der Waals surface area contributed by atoms with E-state index in [4.69, 9.17) is 21.1 Å². The van der Waals surface area contributed by atoms with Gasteiger partial charge in [0.05, 0.1) is 13.5 Å². The normalized spacial score (nSPS) is 17.3. The second-order valence-corrected chi connectivity index (χ2v) is 7.72. The zero-order chi connectivity index (χ0) is 19.5. The van der Waals surface area contributed by atoms with Crippen LogP contribution in [0.5, 0.6) is 0 Å². The van der Waals surface area contributed by atoms with Crippen LogP contribution in [-0.2, 0) is 23.9 Å². The van der Waals surface area contributed by atoms with Gasteiger partial charge in [0.25, 0.3) is 0 Å². The number of amides is 1. The quantitative estimate of drug-likeness (QED) is 0.747. The van der Waals surface area contributed by atoms with Crippen molar-refractivity contribution >= 4 is 35.1 Å². The number of methoxy groups -OCH3 is 1. The van der Waals surface area contributed by atoms with Crippen LogP contribution in [0, 0.1) is 0 Å². The molecule has 0 N–H and O–H groups in total. The summed E-state index contributed by atoms with van der Waals surface area (Å²) in [6.45, 7) is 5.25. The lowest BCUT2D eigenvalue weighted by atomic mass is 9.91. The first-order valence-electron chi connectivity index (χ1n) is 8.49. The van der Waals surface area contributed by atoms with Gasteiger partial charge >= 0.3 is 11.9 Å². The minimum Gasteiger partial charge on any atom is -0.468 e. The van der Waals surface area contributed by atoms with Crippen molar-refractivity contribution in [3.05, 3.63) is 28.8 Å². The van der Waals surface area contributed by atoms with Crippen molar-refractivity contribution in [2.24, 2.45) is 0 Å². The fourth-order valence-corrected chi connectivity index (χ4v) is 3.16. The van der Waals surface area contributed by atoms with Crippen LogP contribution in [-0.4, -0.2) is 37.1 Å². The van der Waals surface area contributed by atoms with Gasteiger partial charge in [0.15, 0.2) is 0 Å². The van der Waals surface area contributed by atoms with E-state index < -0.39 is 11.6 Å². The van der Waals surface area contributed by atoms with Crippen LogP contribution in [0.1, 0.15) is 51.5 Å². The van der Waals surface area contributed by atoms with Crippen LogP contribution in [0.15, 0.2) is 18.2 Å². The van der Waals surface area contributed by atoms with Gasteiger partial charge in [-0.3, -0.25) is 14.4 Å². The third kappa shape index (κ3) is 5.21. The summed E-state index contributed by atoms with van der Waals surface area (Å²) in [5.74, 6) is -1.25. The molecule has 1 amide bonds. The van der Waals surface area contributed by atoms with E-state index in [1.807, 2.05) is 20.8 Å². The number of carbonyl (C=O) groups excluding carboxylic acids is 3. The highest BCUT2D eigenvalue weighted by atomic mass is 35.5. The Labute approximate surface area is 158 Å². The van der Waals surface area contributed by atoms with Crippen LogP contribution in [0.2, 0.25) is 5.02 Å². The molecule has 0 aliphatic carbocycles. The molecule has 0 bridgehead atoms. The van der Waals surface area contributed by atoms with Crippen LogP contribution in [0.3, 0.4) is 0 Å². The first kappa shape index (κ1) is 20.2. The zero-order valence-corrected chi connectivity index (χ0v) is 16.3. The highest BCUT2D eigenvalue weighted by Crippen LogP contribution is 2.38. The molecule has 1 aromatic carbocycles. The average molecular weight is 382 g/mol. The number of hydrogen-bond donors (Lipinski definition) is 0. The van der Waals surface area contributed by atoms with Gasteiger partial charge in [-0.25, -0.2) is 0 Å². The predicted octanol–water partition coefficient (Wildman–Crippen LogP) is 3.46. The van der Waals surface area contributed by atoms with Crippen LogP contribution < -0.4 is 4.90 Å². The van der Waals surface area contributed by atoms with Gasteiger partial charge in [-0.2, -0.15) is 0 Å². The molecule has 1 aromatic rings. The summed E-state index contributed by atoms with van der Waals surface area (Å²) >= 11 is 6.14. The number of esters is 2. The van der Waals surface area contributed by atoms with E-state index in [1.54, 1.807) is 18.2 Å². The lowest BCUT2D eigenvalue weighted by Crippen LogP contribution is -2.35. The molecule has 0 saturated carbocycles. The monoisotopic (exact) mass is 381 g/mol. The Morgan fingerprint density at radius 3 is 2.58 bits per heavy atom. The molecular formula is C19H24ClNO5. The summed E-state index contributed by atoms with van der Waals surface area (Å²) in [5.41, 5.74) is 0.764. The predicted molar refractivity (Wildman–Crippen MR) is 98.3 cm³/mol. The number of rotatable bonds is 4. The summed E-state index contributed by atoms with van der Waals surface area (Å²) in [5, 5.41) is 0.505. The number of benzene rings is 1. The second-order valence-electron chi connectivity index (χ2n) is 7.29. The standard InChI is InChI=1S/C19H24ClNO5/c1-19(2,3)26-17(23)9-12-5-8-16(22)21(11-18(24)25-4)15-7-6-13(20)10-14(12)15/h6-7,10,12H,5,8-9,11H2,1-4H3. The summed E-state index contributed by atoms with van der Waals surface area (Å²) in [4.78, 5) is 37.9. The Balaban J connectivity index is 2.35. The molecule has 6 nitrogen and oxygen atoms in total. The molecule has 1 unspecified atom stereocenters. The van der Waals surface area contributed by atoms with E-state index in [0.29, 0.717) is 17.1 Å². The van der Waals surface area contributed by atoms with Gasteiger partial charge in [-0.05, 0) is 56.9 Å². The number of nitrogens with zero attached hydrogens (tertiary/aromatic N) is 1. The van der Waals surface area contributed by atoms with Gasteiger partial charge in [0.1, 0.15) is 12.1 Å². The lowest BCUT2D eigenvalue weighted by Gasteiger charge is -2.24. The SMILES string of the molecule is COC(=O)CN1C(=O)CCC(CC(=O)OC(C)(C)C)c2cc(Cl)ccc21. The molecule has 1 heterocycles. The highest BCUT2D eigenvalue weighted by Gasteiger charge is 2.31. The van der Waals surface area contributed by atoms with Gasteiger partial charge in [0, 0.05) is 17.1 Å². The summed E-state index contributed by atoms with van der Waals surface area (Å²) < 4.78 is 10.1. The fraction of sp³-hybridized carbons (Fsp3) is 0.526. The van der Waals surface area contributed by atoms with E-state index in [2.05, 4.69) is 0 Å². The molecule has 1 aliphatic rings. The maximum atomic E-state index is 12.5. The van der Waals surface area contributed by atoms with E-state index in [9.17, 15) is 14.4 Å². The Bertz CT molecular complexity index is 710. The first-order valence-corrected chi connectivity index (χ1v) is 8.87. The average Bonchev–Trinajstić information content (AvgIpc) is 2.65. The third-order valence-electron chi connectivity index (χ3n) is 4.08. The number of halogens is 1. The molecule has 0 radical (unpaired) electrons. The molecule has 1 atom stereocenters. The highest BCUT2D eigenvalue weighted by molar-refractivity contribution is 6.30. The van der Waals surface area contributed by atoms with E-state index in [1.165, 1.54) is 12.0 Å². The maximum Gasteiger partial charge on any atom is 0.325 e. The largest absolute Gasteiger partial charge is 0.468 e. The minimum atomic E-state index is -0.578. The summed E-state index contributed by atoms with van der Waals surface area (Å²) in [6.07, 6.45) is 0.837. The molecule has 0 spiro atoms. The van der Waals surface area contributed by atoms with Gasteiger partial charge < -0.3 is 14.4 Å². The third-order valence-corrected chi connectivity index (χ3v) is 4.31. The van der Waals surface area contributed by atoms with Crippen molar-refractivity contribution in [3.63, 3.8) is 0 Å². The molecule has 26 heavy (non-hydrogen) atoms. The lowest BCUT2D eigenvalue weighted by molar-refractivity contribution is -0.155. The van der Waals surface area contributed by atoms with Gasteiger partial charge in [-0.1, -0.05) is 11.6 Å². The van der Waals surface area contributed by atoms with Gasteiger partial charge in [-0.15, -0.1) is 0 Å². The van der Waals surface area contributed by atoms with Crippen LogP contribution in [0.25, 0.3) is 0 Å². The molecule has 2 rings (SSSR count).